The minimum atomic E-state index is -2.66. The van der Waals surface area contributed by atoms with Gasteiger partial charge in [-0.3, -0.25) is 0 Å². The molecule has 0 saturated heterocycles. The summed E-state index contributed by atoms with van der Waals surface area (Å²) in [6.45, 7) is 30.0. The van der Waals surface area contributed by atoms with Gasteiger partial charge in [-0.15, -0.1) is 0 Å². The Labute approximate surface area is 301 Å². The van der Waals surface area contributed by atoms with Gasteiger partial charge in [0.15, 0.2) is 8.32 Å². The monoisotopic (exact) mass is 702 g/mol. The first-order valence-electron chi connectivity index (χ1n) is 18.2. The molecule has 4 nitrogen and oxygen atoms in total. The molecule has 6 heteroatoms. The molecule has 0 saturated carbocycles. The van der Waals surface area contributed by atoms with Crippen molar-refractivity contribution in [1.29, 1.82) is 0 Å². The first-order valence-corrected chi connectivity index (χ1v) is 23.0. The molecule has 0 unspecified atom stereocenters. The molecule has 0 aliphatic heterocycles. The predicted octanol–water partition coefficient (Wildman–Crippen LogP) is 10.4. The maximum absolute atomic E-state index is 7.45. The third-order valence-corrected chi connectivity index (χ3v) is 19.8. The average Bonchev–Trinajstić information content (AvgIpc) is 3.04. The van der Waals surface area contributed by atoms with Crippen LogP contribution in [0.3, 0.4) is 0 Å². The molecule has 270 valence electrons. The summed E-state index contributed by atoms with van der Waals surface area (Å²) in [5, 5.41) is 2.67. The van der Waals surface area contributed by atoms with Crippen LogP contribution < -0.4 is 15.1 Å². The van der Waals surface area contributed by atoms with Gasteiger partial charge in [0.25, 0.3) is 8.32 Å². The summed E-state index contributed by atoms with van der Waals surface area (Å²) in [5.41, 5.74) is 2.55. The fraction of sp³-hybridized carbons (Fsp3) is 0.535. The number of hydrogen-bond acceptors (Lipinski definition) is 4. The van der Waals surface area contributed by atoms with E-state index in [1.807, 2.05) is 12.1 Å². The van der Waals surface area contributed by atoms with E-state index in [1.165, 1.54) is 15.9 Å². The van der Waals surface area contributed by atoms with Crippen LogP contribution in [0.5, 0.6) is 5.75 Å². The van der Waals surface area contributed by atoms with Gasteiger partial charge in [0.2, 0.25) is 0 Å². The molecule has 0 aromatic heterocycles. The predicted molar refractivity (Wildman–Crippen MR) is 214 cm³/mol. The Hall–Kier alpha value is -2.49. The quantitative estimate of drug-likeness (QED) is 0.104. The number of rotatable bonds is 17. The smallest absolute Gasteiger partial charge is 0.261 e. The third-order valence-electron chi connectivity index (χ3n) is 10.3. The summed E-state index contributed by atoms with van der Waals surface area (Å²) < 4.78 is 26.2. The van der Waals surface area contributed by atoms with Gasteiger partial charge in [-0.05, 0) is 76.4 Å². The summed E-state index contributed by atoms with van der Waals surface area (Å²) in [4.78, 5) is 0. The van der Waals surface area contributed by atoms with Crippen LogP contribution in [0.15, 0.2) is 96.6 Å². The standard InChI is InChI=1S/C43H66O4Si2/c1-33(28-34(2)30-45-32-37-24-26-38(44-11)27-25-37)29-35(3)41(47-48(12,13)42(5,6)7)36(4)31-46-49(43(8,9)10,39-20-16-14-17-21-39)40-22-18-15-19-23-40/h14-27,29,34-36,41H,28,30-32H2,1-13H3/b33-29-/t34-,35-,36-,41+/m0/s1. The van der Waals surface area contributed by atoms with E-state index in [-0.39, 0.29) is 28.0 Å². The maximum atomic E-state index is 7.45. The van der Waals surface area contributed by atoms with Gasteiger partial charge in [-0.25, -0.2) is 0 Å². The molecule has 0 bridgehead atoms. The Balaban J connectivity index is 1.83. The van der Waals surface area contributed by atoms with E-state index in [2.05, 4.69) is 161 Å². The van der Waals surface area contributed by atoms with E-state index in [9.17, 15) is 0 Å². The maximum Gasteiger partial charge on any atom is 0.261 e. The Bertz CT molecular complexity index is 1380. The Morgan fingerprint density at radius 3 is 1.73 bits per heavy atom. The van der Waals surface area contributed by atoms with Crippen LogP contribution in [0.25, 0.3) is 0 Å². The zero-order chi connectivity index (χ0) is 36.5. The molecular formula is C43H66O4Si2. The highest BCUT2D eigenvalue weighted by Crippen LogP contribution is 2.41. The molecule has 3 aromatic rings. The highest BCUT2D eigenvalue weighted by Gasteiger charge is 2.51. The molecule has 3 rings (SSSR count). The van der Waals surface area contributed by atoms with Crippen molar-refractivity contribution in [3.63, 3.8) is 0 Å². The number of ether oxygens (including phenoxy) is 2. The summed E-state index contributed by atoms with van der Waals surface area (Å²) in [7, 11) is -3.05. The summed E-state index contributed by atoms with van der Waals surface area (Å²) in [5.74, 6) is 1.71. The molecule has 0 aliphatic rings. The molecule has 0 heterocycles. The first kappa shape index (κ1) is 40.9. The lowest BCUT2D eigenvalue weighted by atomic mass is 9.91. The molecule has 0 amide bonds. The molecule has 0 fully saturated rings. The second kappa shape index (κ2) is 17.6. The lowest BCUT2D eigenvalue weighted by Gasteiger charge is -2.45. The number of allylic oxidation sites excluding steroid dienone is 1. The van der Waals surface area contributed by atoms with E-state index in [0.29, 0.717) is 19.1 Å². The first-order chi connectivity index (χ1) is 22.9. The average molecular weight is 703 g/mol. The topological polar surface area (TPSA) is 36.9 Å². The van der Waals surface area contributed by atoms with E-state index in [0.717, 1.165) is 24.3 Å². The van der Waals surface area contributed by atoms with E-state index >= 15 is 0 Å². The van der Waals surface area contributed by atoms with Crippen molar-refractivity contribution >= 4 is 27.0 Å². The lowest BCUT2D eigenvalue weighted by molar-refractivity contribution is 0.0632. The highest BCUT2D eigenvalue weighted by molar-refractivity contribution is 6.99. The second-order valence-electron chi connectivity index (χ2n) is 16.8. The van der Waals surface area contributed by atoms with Gasteiger partial charge >= 0.3 is 0 Å². The fourth-order valence-electron chi connectivity index (χ4n) is 6.69. The van der Waals surface area contributed by atoms with Crippen molar-refractivity contribution in [2.45, 2.75) is 112 Å². The van der Waals surface area contributed by atoms with Crippen LogP contribution in [0, 0.1) is 17.8 Å². The van der Waals surface area contributed by atoms with Gasteiger partial charge in [0.05, 0.1) is 19.8 Å². The largest absolute Gasteiger partial charge is 0.497 e. The van der Waals surface area contributed by atoms with Crippen LogP contribution in [0.4, 0.5) is 0 Å². The van der Waals surface area contributed by atoms with Crippen molar-refractivity contribution < 1.29 is 18.3 Å². The summed E-state index contributed by atoms with van der Waals surface area (Å²) in [6.07, 6.45) is 3.49. The van der Waals surface area contributed by atoms with Gasteiger partial charge in [-0.1, -0.05) is 147 Å². The number of methoxy groups -OCH3 is 1. The van der Waals surface area contributed by atoms with Gasteiger partial charge in [0, 0.05) is 19.1 Å². The van der Waals surface area contributed by atoms with Crippen molar-refractivity contribution in [2.75, 3.05) is 20.3 Å². The van der Waals surface area contributed by atoms with E-state index < -0.39 is 16.6 Å². The summed E-state index contributed by atoms with van der Waals surface area (Å²) in [6, 6.07) is 30.0. The Kier molecular flexibility index (Phi) is 14.7. The Morgan fingerprint density at radius 2 is 1.27 bits per heavy atom. The van der Waals surface area contributed by atoms with E-state index in [1.54, 1.807) is 7.11 Å². The van der Waals surface area contributed by atoms with Gasteiger partial charge in [0.1, 0.15) is 5.75 Å². The molecule has 0 radical (unpaired) electrons. The molecule has 0 aliphatic carbocycles. The molecule has 0 spiro atoms. The van der Waals surface area contributed by atoms with Crippen LogP contribution in [-0.4, -0.2) is 43.1 Å². The van der Waals surface area contributed by atoms with Crippen molar-refractivity contribution in [3.05, 3.63) is 102 Å². The van der Waals surface area contributed by atoms with E-state index in [4.69, 9.17) is 18.3 Å². The third kappa shape index (κ3) is 11.0. The second-order valence-corrected chi connectivity index (χ2v) is 25.9. The molecule has 3 aromatic carbocycles. The Morgan fingerprint density at radius 1 is 0.735 bits per heavy atom. The zero-order valence-corrected chi connectivity index (χ0v) is 34.9. The minimum absolute atomic E-state index is 0.0377. The lowest BCUT2D eigenvalue weighted by Crippen LogP contribution is -2.67. The minimum Gasteiger partial charge on any atom is -0.497 e. The highest BCUT2D eigenvalue weighted by atomic mass is 28.4. The number of hydrogen-bond donors (Lipinski definition) is 0. The summed E-state index contributed by atoms with van der Waals surface area (Å²) >= 11 is 0. The molecule has 49 heavy (non-hydrogen) atoms. The van der Waals surface area contributed by atoms with Crippen molar-refractivity contribution in [3.8, 4) is 5.75 Å². The SMILES string of the molecule is COc1ccc(COC[C@@H](C)C/C(C)=C\[C@H](C)[C@@H](O[Si](C)(C)C(C)(C)C)[C@@H](C)CO[Si](c2ccccc2)(c2ccccc2)C(C)(C)C)cc1. The van der Waals surface area contributed by atoms with Gasteiger partial charge in [-0.2, -0.15) is 0 Å². The molecule has 0 N–H and O–H groups in total. The fourth-order valence-corrected chi connectivity index (χ4v) is 12.8. The molecular weight excluding hydrogens is 637 g/mol. The van der Waals surface area contributed by atoms with Gasteiger partial charge < -0.3 is 18.3 Å². The van der Waals surface area contributed by atoms with Crippen molar-refractivity contribution in [1.82, 2.24) is 0 Å². The normalized spacial score (nSPS) is 15.8. The zero-order valence-electron chi connectivity index (χ0n) is 32.9. The van der Waals surface area contributed by atoms with Crippen LogP contribution in [-0.2, 0) is 20.2 Å². The number of benzene rings is 3. The van der Waals surface area contributed by atoms with Crippen LogP contribution in [0.1, 0.15) is 81.2 Å². The van der Waals surface area contributed by atoms with Crippen LogP contribution >= 0.6 is 0 Å². The van der Waals surface area contributed by atoms with Crippen LogP contribution in [0.2, 0.25) is 23.2 Å². The van der Waals surface area contributed by atoms with Crippen molar-refractivity contribution in [2.24, 2.45) is 17.8 Å². The molecule has 4 atom stereocenters.